The highest BCUT2D eigenvalue weighted by molar-refractivity contribution is 5.85. The number of nitrogens with two attached hydrogens (primary N) is 1. The molecule has 0 aliphatic heterocycles. The summed E-state index contributed by atoms with van der Waals surface area (Å²) in [6.07, 6.45) is 0.470. The van der Waals surface area contributed by atoms with Gasteiger partial charge in [-0.15, -0.1) is 12.4 Å². The van der Waals surface area contributed by atoms with Gasteiger partial charge in [0.2, 0.25) is 5.91 Å². The first kappa shape index (κ1) is 20.0. The largest absolute Gasteiger partial charge is 0.416 e. The van der Waals surface area contributed by atoms with Crippen molar-refractivity contribution in [3.8, 4) is 0 Å². The number of nitrogens with one attached hydrogen (secondary N) is 1. The number of alkyl halides is 3. The fourth-order valence-corrected chi connectivity index (χ4v) is 3.77. The number of halogens is 4. The molecule has 0 spiro atoms. The molecule has 3 N–H and O–H groups in total. The molecule has 0 heterocycles. The van der Waals surface area contributed by atoms with E-state index >= 15 is 0 Å². The van der Waals surface area contributed by atoms with Crippen molar-refractivity contribution < 1.29 is 18.0 Å². The maximum absolute atomic E-state index is 12.8. The SMILES string of the molecule is Cl.NCC1CCCCC1NC(=O)C1CC1c1cccc(C(F)(F)F)c1. The van der Waals surface area contributed by atoms with Gasteiger partial charge in [0, 0.05) is 12.0 Å². The van der Waals surface area contributed by atoms with Crippen molar-refractivity contribution in [1.82, 2.24) is 5.32 Å². The van der Waals surface area contributed by atoms with Gasteiger partial charge in [0.1, 0.15) is 0 Å². The van der Waals surface area contributed by atoms with Crippen molar-refractivity contribution in [2.75, 3.05) is 6.54 Å². The molecule has 4 unspecified atom stereocenters. The van der Waals surface area contributed by atoms with Gasteiger partial charge in [-0.2, -0.15) is 13.2 Å². The van der Waals surface area contributed by atoms with Gasteiger partial charge in [-0.3, -0.25) is 4.79 Å². The monoisotopic (exact) mass is 376 g/mol. The number of rotatable bonds is 4. The van der Waals surface area contributed by atoms with Crippen molar-refractivity contribution in [1.29, 1.82) is 0 Å². The van der Waals surface area contributed by atoms with E-state index in [0.717, 1.165) is 31.7 Å². The Kier molecular flexibility index (Phi) is 6.38. The molecule has 4 atom stereocenters. The summed E-state index contributed by atoms with van der Waals surface area (Å²) in [5, 5.41) is 3.09. The highest BCUT2D eigenvalue weighted by Crippen LogP contribution is 2.48. The molecular weight excluding hydrogens is 353 g/mol. The molecule has 7 heteroatoms. The number of hydrogen-bond donors (Lipinski definition) is 2. The molecule has 0 bridgehead atoms. The Hall–Kier alpha value is -1.27. The first-order chi connectivity index (χ1) is 11.4. The van der Waals surface area contributed by atoms with Crippen LogP contribution in [0.5, 0.6) is 0 Å². The van der Waals surface area contributed by atoms with Crippen LogP contribution in [0.4, 0.5) is 13.2 Å². The summed E-state index contributed by atoms with van der Waals surface area (Å²) in [7, 11) is 0. The first-order valence-corrected chi connectivity index (χ1v) is 8.57. The van der Waals surface area contributed by atoms with Crippen LogP contribution in [0.2, 0.25) is 0 Å². The summed E-state index contributed by atoms with van der Waals surface area (Å²) in [5.41, 5.74) is 5.73. The molecule has 3 rings (SSSR count). The Bertz CT molecular complexity index is 608. The molecular formula is C18H24ClF3N2O. The van der Waals surface area contributed by atoms with Crippen molar-refractivity contribution in [2.24, 2.45) is 17.6 Å². The molecule has 140 valence electrons. The highest BCUT2D eigenvalue weighted by Gasteiger charge is 2.45. The average Bonchev–Trinajstić information content (AvgIpc) is 3.35. The predicted octanol–water partition coefficient (Wildman–Crippen LogP) is 3.86. The van der Waals surface area contributed by atoms with Gasteiger partial charge >= 0.3 is 6.18 Å². The molecule has 0 saturated heterocycles. The topological polar surface area (TPSA) is 55.1 Å². The van der Waals surface area contributed by atoms with E-state index in [1.165, 1.54) is 12.1 Å². The van der Waals surface area contributed by atoms with E-state index < -0.39 is 11.7 Å². The molecule has 1 amide bonds. The number of amides is 1. The molecule has 2 saturated carbocycles. The predicted molar refractivity (Wildman–Crippen MR) is 92.5 cm³/mol. The van der Waals surface area contributed by atoms with Crippen LogP contribution in [-0.4, -0.2) is 18.5 Å². The van der Waals surface area contributed by atoms with Gasteiger partial charge < -0.3 is 11.1 Å². The number of carbonyl (C=O) groups excluding carboxylic acids is 1. The molecule has 1 aromatic carbocycles. The second-order valence-electron chi connectivity index (χ2n) is 6.97. The number of benzene rings is 1. The third-order valence-corrected chi connectivity index (χ3v) is 5.31. The number of carbonyl (C=O) groups is 1. The van der Waals surface area contributed by atoms with E-state index in [1.807, 2.05) is 0 Å². The lowest BCUT2D eigenvalue weighted by molar-refractivity contribution is -0.137. The quantitative estimate of drug-likeness (QED) is 0.838. The fraction of sp³-hybridized carbons (Fsp3) is 0.611. The van der Waals surface area contributed by atoms with Crippen molar-refractivity contribution in [2.45, 2.75) is 50.2 Å². The van der Waals surface area contributed by atoms with Crippen molar-refractivity contribution >= 4 is 18.3 Å². The highest BCUT2D eigenvalue weighted by atomic mass is 35.5. The summed E-state index contributed by atoms with van der Waals surface area (Å²) < 4.78 is 38.4. The standard InChI is InChI=1S/C18H23F3N2O.ClH/c19-18(20,21)13-6-3-5-11(8-13)14-9-15(14)17(24)23-16-7-2-1-4-12(16)10-22;/h3,5-6,8,12,14-16H,1-2,4,7,9-10,22H2,(H,23,24);1H. The molecule has 1 aromatic rings. The second-order valence-corrected chi connectivity index (χ2v) is 6.97. The Morgan fingerprint density at radius 3 is 2.64 bits per heavy atom. The van der Waals surface area contributed by atoms with E-state index in [2.05, 4.69) is 5.32 Å². The van der Waals surface area contributed by atoms with Gasteiger partial charge in [-0.25, -0.2) is 0 Å². The van der Waals surface area contributed by atoms with E-state index in [9.17, 15) is 18.0 Å². The molecule has 0 aromatic heterocycles. The van der Waals surface area contributed by atoms with Crippen molar-refractivity contribution in [3.05, 3.63) is 35.4 Å². The smallest absolute Gasteiger partial charge is 0.353 e. The van der Waals surface area contributed by atoms with Crippen LogP contribution in [0.15, 0.2) is 24.3 Å². The normalized spacial score (nSPS) is 28.8. The zero-order chi connectivity index (χ0) is 17.3. The molecule has 2 aliphatic rings. The number of hydrogen-bond acceptors (Lipinski definition) is 2. The summed E-state index contributed by atoms with van der Waals surface area (Å²) in [5.74, 6) is -0.0442. The Balaban J connectivity index is 0.00000225. The Morgan fingerprint density at radius 1 is 1.24 bits per heavy atom. The van der Waals surface area contributed by atoms with E-state index in [1.54, 1.807) is 6.07 Å². The van der Waals surface area contributed by atoms with Gasteiger partial charge in [-0.1, -0.05) is 31.0 Å². The van der Waals surface area contributed by atoms with E-state index in [4.69, 9.17) is 5.73 Å². The van der Waals surface area contributed by atoms with Crippen LogP contribution < -0.4 is 11.1 Å². The van der Waals surface area contributed by atoms with Crippen LogP contribution in [-0.2, 0) is 11.0 Å². The maximum Gasteiger partial charge on any atom is 0.416 e. The summed E-state index contributed by atoms with van der Waals surface area (Å²) >= 11 is 0. The van der Waals surface area contributed by atoms with Crippen molar-refractivity contribution in [3.63, 3.8) is 0 Å². The average molecular weight is 377 g/mol. The van der Waals surface area contributed by atoms with Crippen LogP contribution in [0.25, 0.3) is 0 Å². The minimum absolute atomic E-state index is 0. The second kappa shape index (κ2) is 7.96. The van der Waals surface area contributed by atoms with Gasteiger partial charge in [0.25, 0.3) is 0 Å². The zero-order valence-corrected chi connectivity index (χ0v) is 14.7. The molecule has 3 nitrogen and oxygen atoms in total. The van der Waals surface area contributed by atoms with Crippen LogP contribution in [0.3, 0.4) is 0 Å². The van der Waals surface area contributed by atoms with E-state index in [0.29, 0.717) is 24.4 Å². The summed E-state index contributed by atoms with van der Waals surface area (Å²) in [4.78, 5) is 12.4. The van der Waals surface area contributed by atoms with Crippen LogP contribution in [0.1, 0.15) is 49.1 Å². The third-order valence-electron chi connectivity index (χ3n) is 5.31. The minimum atomic E-state index is -4.35. The Labute approximate surface area is 152 Å². The third kappa shape index (κ3) is 4.67. The van der Waals surface area contributed by atoms with Gasteiger partial charge in [0.05, 0.1) is 5.56 Å². The van der Waals surface area contributed by atoms with Gasteiger partial charge in [0.15, 0.2) is 0 Å². The Morgan fingerprint density at radius 2 is 1.96 bits per heavy atom. The maximum atomic E-state index is 12.8. The molecule has 0 radical (unpaired) electrons. The summed E-state index contributed by atoms with van der Waals surface area (Å²) in [6.45, 7) is 0.562. The molecule has 2 fully saturated rings. The molecule has 25 heavy (non-hydrogen) atoms. The van der Waals surface area contributed by atoms with E-state index in [-0.39, 0.29) is 36.2 Å². The minimum Gasteiger partial charge on any atom is -0.353 e. The van der Waals surface area contributed by atoms with Gasteiger partial charge in [-0.05, 0) is 49.3 Å². The molecule has 2 aliphatic carbocycles. The lowest BCUT2D eigenvalue weighted by Crippen LogP contribution is -2.45. The van der Waals surface area contributed by atoms with Crippen LogP contribution >= 0.6 is 12.4 Å². The lowest BCUT2D eigenvalue weighted by Gasteiger charge is -2.31. The zero-order valence-electron chi connectivity index (χ0n) is 13.9. The first-order valence-electron chi connectivity index (χ1n) is 8.57. The van der Waals surface area contributed by atoms with Crippen LogP contribution in [0, 0.1) is 11.8 Å². The fourth-order valence-electron chi connectivity index (χ4n) is 3.77. The summed E-state index contributed by atoms with van der Waals surface area (Å²) in [6, 6.07) is 5.43. The lowest BCUT2D eigenvalue weighted by atomic mass is 9.84.